The molecule has 0 amide bonds. The second-order valence-electron chi connectivity index (χ2n) is 5.72. The van der Waals surface area contributed by atoms with E-state index < -0.39 is 0 Å². The van der Waals surface area contributed by atoms with Crippen molar-refractivity contribution in [2.45, 2.75) is 56.7 Å². The first kappa shape index (κ1) is 11.6. The summed E-state index contributed by atoms with van der Waals surface area (Å²) in [5.74, 6) is 0.713. The van der Waals surface area contributed by atoms with E-state index in [1.54, 1.807) is 11.1 Å². The fourth-order valence-corrected chi connectivity index (χ4v) is 3.82. The highest BCUT2D eigenvalue weighted by atomic mass is 35.5. The van der Waals surface area contributed by atoms with Crippen LogP contribution in [0.25, 0.3) is 0 Å². The first-order valence-corrected chi connectivity index (χ1v) is 7.51. The molecule has 92 valence electrons. The number of benzene rings is 1. The predicted molar refractivity (Wildman–Crippen MR) is 73.8 cm³/mol. The summed E-state index contributed by atoms with van der Waals surface area (Å²) in [5, 5.41) is 0.414. The topological polar surface area (TPSA) is 0 Å². The minimum Gasteiger partial charge on any atom is -0.123 e. The SMILES string of the molecule is ClC1CCCCC1Cc1ccc2c(c1)CCC2. The van der Waals surface area contributed by atoms with E-state index >= 15 is 0 Å². The first-order valence-electron chi connectivity index (χ1n) is 7.07. The molecule has 17 heavy (non-hydrogen) atoms. The third kappa shape index (κ3) is 2.52. The summed E-state index contributed by atoms with van der Waals surface area (Å²) in [6, 6.07) is 7.13. The lowest BCUT2D eigenvalue weighted by Crippen LogP contribution is -2.21. The first-order chi connectivity index (χ1) is 8.33. The van der Waals surface area contributed by atoms with E-state index in [1.807, 2.05) is 0 Å². The largest absolute Gasteiger partial charge is 0.123 e. The van der Waals surface area contributed by atoms with Gasteiger partial charge in [0.1, 0.15) is 0 Å². The molecule has 2 aliphatic rings. The Balaban J connectivity index is 1.72. The molecule has 0 spiro atoms. The van der Waals surface area contributed by atoms with Gasteiger partial charge in [-0.25, -0.2) is 0 Å². The lowest BCUT2D eigenvalue weighted by Gasteiger charge is -2.27. The van der Waals surface area contributed by atoms with Crippen molar-refractivity contribution in [3.8, 4) is 0 Å². The van der Waals surface area contributed by atoms with Gasteiger partial charge in [-0.05, 0) is 61.1 Å². The van der Waals surface area contributed by atoms with E-state index in [-0.39, 0.29) is 0 Å². The van der Waals surface area contributed by atoms with Gasteiger partial charge in [0.25, 0.3) is 0 Å². The normalized spacial score (nSPS) is 28.1. The molecule has 1 fully saturated rings. The van der Waals surface area contributed by atoms with Crippen molar-refractivity contribution in [2.75, 3.05) is 0 Å². The monoisotopic (exact) mass is 248 g/mol. The average Bonchev–Trinajstić information content (AvgIpc) is 2.79. The molecule has 2 atom stereocenters. The molecule has 0 aliphatic heterocycles. The molecule has 0 aromatic heterocycles. The van der Waals surface area contributed by atoms with E-state index in [0.717, 1.165) is 0 Å². The summed E-state index contributed by atoms with van der Waals surface area (Å²) < 4.78 is 0. The van der Waals surface area contributed by atoms with Crippen LogP contribution in [0.15, 0.2) is 18.2 Å². The molecule has 2 aliphatic carbocycles. The highest BCUT2D eigenvalue weighted by molar-refractivity contribution is 6.20. The van der Waals surface area contributed by atoms with Crippen LogP contribution in [0.4, 0.5) is 0 Å². The molecule has 2 unspecified atom stereocenters. The van der Waals surface area contributed by atoms with Gasteiger partial charge in [0.15, 0.2) is 0 Å². The van der Waals surface area contributed by atoms with Crippen molar-refractivity contribution in [1.29, 1.82) is 0 Å². The fourth-order valence-electron chi connectivity index (χ4n) is 3.45. The Hall–Kier alpha value is -0.490. The van der Waals surface area contributed by atoms with Crippen molar-refractivity contribution < 1.29 is 0 Å². The minimum atomic E-state index is 0.414. The zero-order chi connectivity index (χ0) is 11.7. The third-order valence-electron chi connectivity index (χ3n) is 4.48. The Labute approximate surface area is 109 Å². The average molecular weight is 249 g/mol. The smallest absolute Gasteiger partial charge is 0.0367 e. The van der Waals surface area contributed by atoms with Crippen LogP contribution in [0.3, 0.4) is 0 Å². The Bertz CT molecular complexity index is 397. The molecule has 1 aromatic carbocycles. The number of alkyl halides is 1. The van der Waals surface area contributed by atoms with Crippen LogP contribution in [0.2, 0.25) is 0 Å². The Morgan fingerprint density at radius 1 is 1.00 bits per heavy atom. The lowest BCUT2D eigenvalue weighted by molar-refractivity contribution is 0.364. The molecular formula is C16H21Cl. The maximum absolute atomic E-state index is 6.45. The van der Waals surface area contributed by atoms with Crippen molar-refractivity contribution in [2.24, 2.45) is 5.92 Å². The number of fused-ring (bicyclic) bond motifs is 1. The van der Waals surface area contributed by atoms with Crippen LogP contribution in [0, 0.1) is 5.92 Å². The molecular weight excluding hydrogens is 228 g/mol. The molecule has 3 rings (SSSR count). The molecule has 1 saturated carbocycles. The molecule has 0 bridgehead atoms. The van der Waals surface area contributed by atoms with Gasteiger partial charge < -0.3 is 0 Å². The van der Waals surface area contributed by atoms with Crippen LogP contribution in [-0.2, 0) is 19.3 Å². The fraction of sp³-hybridized carbons (Fsp3) is 0.625. The number of hydrogen-bond donors (Lipinski definition) is 0. The van der Waals surface area contributed by atoms with Crippen molar-refractivity contribution in [3.05, 3.63) is 34.9 Å². The van der Waals surface area contributed by atoms with E-state index in [0.29, 0.717) is 11.3 Å². The van der Waals surface area contributed by atoms with E-state index in [4.69, 9.17) is 11.6 Å². The van der Waals surface area contributed by atoms with Crippen LogP contribution in [-0.4, -0.2) is 5.38 Å². The molecule has 0 nitrogen and oxygen atoms in total. The van der Waals surface area contributed by atoms with Gasteiger partial charge in [0.2, 0.25) is 0 Å². The van der Waals surface area contributed by atoms with E-state index in [2.05, 4.69) is 18.2 Å². The number of halogens is 1. The molecule has 0 N–H and O–H groups in total. The number of rotatable bonds is 2. The quantitative estimate of drug-likeness (QED) is 0.676. The van der Waals surface area contributed by atoms with Gasteiger partial charge in [-0.3, -0.25) is 0 Å². The molecule has 0 saturated heterocycles. The highest BCUT2D eigenvalue weighted by Gasteiger charge is 2.23. The summed E-state index contributed by atoms with van der Waals surface area (Å²) in [6.45, 7) is 0. The molecule has 0 heterocycles. The number of hydrogen-bond acceptors (Lipinski definition) is 0. The van der Waals surface area contributed by atoms with Gasteiger partial charge in [-0.15, -0.1) is 11.6 Å². The van der Waals surface area contributed by atoms with Crippen molar-refractivity contribution >= 4 is 11.6 Å². The van der Waals surface area contributed by atoms with Gasteiger partial charge in [0, 0.05) is 5.38 Å². The van der Waals surface area contributed by atoms with E-state index in [1.165, 1.54) is 56.9 Å². The maximum Gasteiger partial charge on any atom is 0.0367 e. The summed E-state index contributed by atoms with van der Waals surface area (Å²) in [5.41, 5.74) is 4.70. The minimum absolute atomic E-state index is 0.414. The maximum atomic E-state index is 6.45. The Morgan fingerprint density at radius 3 is 2.71 bits per heavy atom. The van der Waals surface area contributed by atoms with Gasteiger partial charge in [-0.1, -0.05) is 31.0 Å². The number of aryl methyl sites for hydroxylation is 2. The van der Waals surface area contributed by atoms with Crippen molar-refractivity contribution in [3.63, 3.8) is 0 Å². The standard InChI is InChI=1S/C16H21Cl/c17-16-7-2-1-4-15(16)11-12-8-9-13-5-3-6-14(13)10-12/h8-10,15-16H,1-7,11H2. The van der Waals surface area contributed by atoms with Crippen LogP contribution >= 0.6 is 11.6 Å². The van der Waals surface area contributed by atoms with Crippen LogP contribution < -0.4 is 0 Å². The Kier molecular flexibility index (Phi) is 3.42. The predicted octanol–water partition coefficient (Wildman–Crippen LogP) is 4.52. The third-order valence-corrected chi connectivity index (χ3v) is 5.05. The molecule has 1 aromatic rings. The van der Waals surface area contributed by atoms with Gasteiger partial charge >= 0.3 is 0 Å². The van der Waals surface area contributed by atoms with Gasteiger partial charge in [-0.2, -0.15) is 0 Å². The molecule has 0 radical (unpaired) electrons. The zero-order valence-corrected chi connectivity index (χ0v) is 11.2. The molecule has 1 heteroatoms. The van der Waals surface area contributed by atoms with Gasteiger partial charge in [0.05, 0.1) is 0 Å². The lowest BCUT2D eigenvalue weighted by atomic mass is 9.84. The summed E-state index contributed by atoms with van der Waals surface area (Å²) >= 11 is 6.45. The summed E-state index contributed by atoms with van der Waals surface area (Å²) in [7, 11) is 0. The summed E-state index contributed by atoms with van der Waals surface area (Å²) in [6.07, 6.45) is 10.4. The van der Waals surface area contributed by atoms with E-state index in [9.17, 15) is 0 Å². The highest BCUT2D eigenvalue weighted by Crippen LogP contribution is 2.32. The second-order valence-corrected chi connectivity index (χ2v) is 6.28. The van der Waals surface area contributed by atoms with Crippen molar-refractivity contribution in [1.82, 2.24) is 0 Å². The van der Waals surface area contributed by atoms with Crippen LogP contribution in [0.1, 0.15) is 48.8 Å². The Morgan fingerprint density at radius 2 is 1.82 bits per heavy atom. The van der Waals surface area contributed by atoms with Crippen LogP contribution in [0.5, 0.6) is 0 Å². The summed E-state index contributed by atoms with van der Waals surface area (Å²) in [4.78, 5) is 0. The zero-order valence-electron chi connectivity index (χ0n) is 10.4. The second kappa shape index (κ2) is 5.02.